The zero-order valence-corrected chi connectivity index (χ0v) is 17.4. The van der Waals surface area contributed by atoms with Crippen molar-refractivity contribution in [2.24, 2.45) is 17.1 Å². The summed E-state index contributed by atoms with van der Waals surface area (Å²) in [4.78, 5) is 15.4. The van der Waals surface area contributed by atoms with Gasteiger partial charge in [-0.1, -0.05) is 20.3 Å². The molecule has 3 N–H and O–H groups in total. The second kappa shape index (κ2) is 8.75. The maximum atomic E-state index is 13.0. The highest BCUT2D eigenvalue weighted by Crippen LogP contribution is 2.57. The lowest BCUT2D eigenvalue weighted by molar-refractivity contribution is -0.225. The van der Waals surface area contributed by atoms with Gasteiger partial charge in [0.1, 0.15) is 5.54 Å². The van der Waals surface area contributed by atoms with Crippen LogP contribution in [0.4, 0.5) is 0 Å². The molecule has 2 saturated heterocycles. The van der Waals surface area contributed by atoms with Crippen LogP contribution in [0.2, 0.25) is 0 Å². The van der Waals surface area contributed by atoms with Gasteiger partial charge in [0.05, 0.1) is 6.10 Å². The third kappa shape index (κ3) is 3.96. The highest BCUT2D eigenvalue weighted by Gasteiger charge is 2.70. The summed E-state index contributed by atoms with van der Waals surface area (Å²) in [6.07, 6.45) is 6.01. The average molecular weight is 396 g/mol. The van der Waals surface area contributed by atoms with Crippen molar-refractivity contribution >= 4 is 30.7 Å². The molecule has 4 atom stereocenters. The normalized spacial score (nSPS) is 35.2. The summed E-state index contributed by atoms with van der Waals surface area (Å²) < 4.78 is 5.90. The molecule has 148 valence electrons. The van der Waals surface area contributed by atoms with Gasteiger partial charge in [0.15, 0.2) is 0 Å². The molecule has 2 heterocycles. The van der Waals surface area contributed by atoms with E-state index in [1.165, 1.54) is 19.3 Å². The Morgan fingerprint density at radius 3 is 2.52 bits per heavy atom. The van der Waals surface area contributed by atoms with Gasteiger partial charge in [-0.2, -0.15) is 0 Å². The van der Waals surface area contributed by atoms with Crippen LogP contribution in [-0.4, -0.2) is 54.7 Å². The van der Waals surface area contributed by atoms with Crippen LogP contribution in [0.5, 0.6) is 0 Å². The number of nitrogens with two attached hydrogens (primary N) is 1. The molecule has 0 aromatic rings. The standard InChI is InChI=1S/C18H33N3O2.2ClH/c1-13(12-21-9-5-4-6-10-21)20-16(22)18(19)14-8-7-11-23-15(14)17(18,2)3;;/h13-15H,4-12,19H2,1-3H3,(H,20,22);2*1H. The summed E-state index contributed by atoms with van der Waals surface area (Å²) in [6, 6.07) is 0.139. The number of rotatable bonds is 4. The highest BCUT2D eigenvalue weighted by atomic mass is 35.5. The van der Waals surface area contributed by atoms with E-state index >= 15 is 0 Å². The molecule has 3 rings (SSSR count). The van der Waals surface area contributed by atoms with Gasteiger partial charge in [-0.15, -0.1) is 24.8 Å². The fourth-order valence-electron chi connectivity index (χ4n) is 4.95. The predicted octanol–water partition coefficient (Wildman–Crippen LogP) is 2.35. The molecule has 4 unspecified atom stereocenters. The number of likely N-dealkylation sites (tertiary alicyclic amines) is 1. The Morgan fingerprint density at radius 2 is 1.88 bits per heavy atom. The zero-order valence-electron chi connectivity index (χ0n) is 15.8. The molecule has 1 saturated carbocycles. The van der Waals surface area contributed by atoms with E-state index in [2.05, 4.69) is 31.0 Å². The third-order valence-corrected chi connectivity index (χ3v) is 6.42. The highest BCUT2D eigenvalue weighted by molar-refractivity contribution is 5.89. The van der Waals surface area contributed by atoms with Crippen molar-refractivity contribution in [3.05, 3.63) is 0 Å². The van der Waals surface area contributed by atoms with E-state index in [1.54, 1.807) is 0 Å². The first-order chi connectivity index (χ1) is 10.9. The average Bonchev–Trinajstić information content (AvgIpc) is 2.54. The molecular weight excluding hydrogens is 361 g/mol. The van der Waals surface area contributed by atoms with Crippen LogP contribution < -0.4 is 11.1 Å². The first kappa shape index (κ1) is 23.0. The van der Waals surface area contributed by atoms with E-state index in [1.807, 2.05) is 0 Å². The minimum Gasteiger partial charge on any atom is -0.377 e. The Balaban J connectivity index is 0.00000156. The smallest absolute Gasteiger partial charge is 0.241 e. The van der Waals surface area contributed by atoms with Gasteiger partial charge in [0.25, 0.3) is 0 Å². The monoisotopic (exact) mass is 395 g/mol. The number of fused-ring (bicyclic) bond motifs is 1. The van der Waals surface area contributed by atoms with Gasteiger partial charge in [-0.3, -0.25) is 4.79 Å². The van der Waals surface area contributed by atoms with Gasteiger partial charge in [0.2, 0.25) is 5.91 Å². The fourth-order valence-corrected chi connectivity index (χ4v) is 4.95. The predicted molar refractivity (Wildman–Crippen MR) is 106 cm³/mol. The van der Waals surface area contributed by atoms with Gasteiger partial charge in [-0.05, 0) is 45.7 Å². The number of nitrogens with one attached hydrogen (secondary N) is 1. The molecular formula is C18H35Cl2N3O2. The van der Waals surface area contributed by atoms with E-state index in [-0.39, 0.29) is 54.2 Å². The van der Waals surface area contributed by atoms with Crippen LogP contribution in [-0.2, 0) is 9.53 Å². The Morgan fingerprint density at radius 1 is 1.24 bits per heavy atom. The number of halogens is 2. The largest absolute Gasteiger partial charge is 0.377 e. The van der Waals surface area contributed by atoms with E-state index in [4.69, 9.17) is 10.5 Å². The summed E-state index contributed by atoms with van der Waals surface area (Å²) in [7, 11) is 0. The number of hydrogen-bond acceptors (Lipinski definition) is 4. The second-order valence-electron chi connectivity index (χ2n) is 8.37. The lowest BCUT2D eigenvalue weighted by Crippen LogP contribution is -2.82. The van der Waals surface area contributed by atoms with Gasteiger partial charge < -0.3 is 20.7 Å². The maximum Gasteiger partial charge on any atom is 0.241 e. The molecule has 3 fully saturated rings. The van der Waals surface area contributed by atoms with Crippen molar-refractivity contribution in [1.29, 1.82) is 0 Å². The van der Waals surface area contributed by atoms with Crippen LogP contribution in [0.15, 0.2) is 0 Å². The molecule has 7 heteroatoms. The Bertz CT molecular complexity index is 458. The Kier molecular flexibility index (Phi) is 8.04. The molecule has 5 nitrogen and oxygen atoms in total. The van der Waals surface area contributed by atoms with Crippen LogP contribution in [0.3, 0.4) is 0 Å². The minimum atomic E-state index is -0.797. The minimum absolute atomic E-state index is 0. The molecule has 0 radical (unpaired) electrons. The summed E-state index contributed by atoms with van der Waals surface area (Å²) in [5, 5.41) is 3.20. The van der Waals surface area contributed by atoms with E-state index in [0.717, 1.165) is 39.1 Å². The number of ether oxygens (including phenoxy) is 1. The number of carbonyl (C=O) groups is 1. The topological polar surface area (TPSA) is 67.6 Å². The van der Waals surface area contributed by atoms with Crippen LogP contribution in [0.1, 0.15) is 52.9 Å². The lowest BCUT2D eigenvalue weighted by atomic mass is 9.46. The van der Waals surface area contributed by atoms with E-state index in [0.29, 0.717) is 0 Å². The quantitative estimate of drug-likeness (QED) is 0.766. The van der Waals surface area contributed by atoms with Gasteiger partial charge >= 0.3 is 0 Å². The third-order valence-electron chi connectivity index (χ3n) is 6.42. The SMILES string of the molecule is CC(CN1CCCCC1)NC(=O)C1(N)C2CCCOC2C1(C)C.Cl.Cl. The molecule has 25 heavy (non-hydrogen) atoms. The van der Waals surface area contributed by atoms with E-state index < -0.39 is 5.54 Å². The fraction of sp³-hybridized carbons (Fsp3) is 0.944. The second-order valence-corrected chi connectivity index (χ2v) is 8.37. The van der Waals surface area contributed by atoms with Gasteiger partial charge in [-0.25, -0.2) is 0 Å². The first-order valence-electron chi connectivity index (χ1n) is 9.31. The summed E-state index contributed by atoms with van der Waals surface area (Å²) in [5.74, 6) is 0.173. The van der Waals surface area contributed by atoms with Gasteiger partial charge in [0, 0.05) is 30.5 Å². The molecule has 0 spiro atoms. The molecule has 2 aliphatic heterocycles. The lowest BCUT2D eigenvalue weighted by Gasteiger charge is -2.65. The number of carbonyl (C=O) groups excluding carboxylic acids is 1. The van der Waals surface area contributed by atoms with Crippen molar-refractivity contribution in [3.63, 3.8) is 0 Å². The Hall–Kier alpha value is -0.0700. The molecule has 1 aliphatic carbocycles. The van der Waals surface area contributed by atoms with E-state index in [9.17, 15) is 4.79 Å². The first-order valence-corrected chi connectivity index (χ1v) is 9.31. The van der Waals surface area contributed by atoms with Crippen molar-refractivity contribution in [3.8, 4) is 0 Å². The number of amides is 1. The Labute approximate surface area is 164 Å². The molecule has 0 aromatic carbocycles. The van der Waals surface area contributed by atoms with Crippen molar-refractivity contribution in [2.75, 3.05) is 26.2 Å². The van der Waals surface area contributed by atoms with Crippen LogP contribution in [0.25, 0.3) is 0 Å². The summed E-state index contributed by atoms with van der Waals surface area (Å²) in [6.45, 7) is 10.3. The molecule has 3 aliphatic rings. The summed E-state index contributed by atoms with van der Waals surface area (Å²) >= 11 is 0. The zero-order chi connectivity index (χ0) is 16.7. The molecule has 0 aromatic heterocycles. The molecule has 1 amide bonds. The van der Waals surface area contributed by atoms with Crippen LogP contribution in [0, 0.1) is 11.3 Å². The number of piperidine rings is 1. The van der Waals surface area contributed by atoms with Crippen molar-refractivity contribution < 1.29 is 9.53 Å². The number of nitrogens with zero attached hydrogens (tertiary/aromatic N) is 1. The summed E-state index contributed by atoms with van der Waals surface area (Å²) in [5.41, 5.74) is 5.56. The van der Waals surface area contributed by atoms with Crippen LogP contribution >= 0.6 is 24.8 Å². The maximum absolute atomic E-state index is 13.0. The van der Waals surface area contributed by atoms with Crippen molar-refractivity contribution in [1.82, 2.24) is 10.2 Å². The molecule has 0 bridgehead atoms. The van der Waals surface area contributed by atoms with Crippen molar-refractivity contribution in [2.45, 2.75) is 70.6 Å². The number of hydrogen-bond donors (Lipinski definition) is 2.